The molecule has 1 aliphatic carbocycles. The van der Waals surface area contributed by atoms with Crippen LogP contribution in [0.25, 0.3) is 0 Å². The van der Waals surface area contributed by atoms with E-state index in [0.29, 0.717) is 44.9 Å². The number of nitrogens with zero attached hydrogens (tertiary/aromatic N) is 1. The Bertz CT molecular complexity index is 1360. The van der Waals surface area contributed by atoms with Gasteiger partial charge >= 0.3 is 0 Å². The predicted octanol–water partition coefficient (Wildman–Crippen LogP) is -1.32. The van der Waals surface area contributed by atoms with Gasteiger partial charge in [0, 0.05) is 37.5 Å². The first kappa shape index (κ1) is 38.3. The van der Waals surface area contributed by atoms with E-state index < -0.39 is 36.2 Å². The van der Waals surface area contributed by atoms with Crippen LogP contribution in [0, 0.1) is 5.92 Å². The van der Waals surface area contributed by atoms with Crippen LogP contribution in [0.4, 0.5) is 0 Å². The molecule has 0 radical (unpaired) electrons. The third-order valence-corrected chi connectivity index (χ3v) is 8.10. The maximum atomic E-state index is 13.0. The van der Waals surface area contributed by atoms with Crippen molar-refractivity contribution in [1.29, 1.82) is 0 Å². The van der Waals surface area contributed by atoms with Crippen molar-refractivity contribution in [2.45, 2.75) is 69.9 Å². The number of carbonyl (C=O) groups excluding carboxylic acids is 8. The third kappa shape index (κ3) is 14.3. The van der Waals surface area contributed by atoms with Gasteiger partial charge in [-0.25, -0.2) is 0 Å². The van der Waals surface area contributed by atoms with Crippen LogP contribution < -0.4 is 32.3 Å². The molecule has 1 aromatic carbocycles. The number of hydrogen-bond donors (Lipinski definition) is 6. The van der Waals surface area contributed by atoms with E-state index >= 15 is 0 Å². The summed E-state index contributed by atoms with van der Waals surface area (Å²) in [5.41, 5.74) is 6.10. The number of primary amides is 1. The molecule has 0 bridgehead atoms. The Morgan fingerprint density at radius 2 is 1.37 bits per heavy atom. The molecule has 16 nitrogen and oxygen atoms in total. The Morgan fingerprint density at radius 1 is 0.755 bits per heavy atom. The maximum Gasteiger partial charge on any atom is 0.253 e. The molecule has 0 saturated heterocycles. The first-order valence-corrected chi connectivity index (χ1v) is 16.4. The molecule has 7 N–H and O–H groups in total. The summed E-state index contributed by atoms with van der Waals surface area (Å²) in [4.78, 5) is 97.8. The normalized spacial score (nSPS) is 17.6. The number of unbranched alkanes of at least 4 members (excludes halogenated alkanes) is 2. The Balaban J connectivity index is 1.33. The van der Waals surface area contributed by atoms with E-state index in [1.54, 1.807) is 30.3 Å². The topological polar surface area (TPSA) is 235 Å². The second kappa shape index (κ2) is 20.3. The van der Waals surface area contributed by atoms with Crippen LogP contribution in [0.5, 0.6) is 0 Å². The van der Waals surface area contributed by atoms with Gasteiger partial charge in [0.25, 0.3) is 11.8 Å². The summed E-state index contributed by atoms with van der Waals surface area (Å²) in [6.07, 6.45) is 6.85. The van der Waals surface area contributed by atoms with Gasteiger partial charge in [-0.2, -0.15) is 0 Å². The van der Waals surface area contributed by atoms with E-state index in [4.69, 9.17) is 10.5 Å². The van der Waals surface area contributed by atoms with E-state index in [0.717, 1.165) is 10.5 Å². The minimum atomic E-state index is -1.05. The lowest BCUT2D eigenvalue weighted by atomic mass is 9.87. The molecular weight excluding hydrogens is 638 g/mol. The van der Waals surface area contributed by atoms with Gasteiger partial charge < -0.3 is 37.1 Å². The summed E-state index contributed by atoms with van der Waals surface area (Å²) < 4.78 is 5.66. The minimum absolute atomic E-state index is 0.0613. The van der Waals surface area contributed by atoms with Gasteiger partial charge in [-0.15, -0.1) is 0 Å². The number of ether oxygens (including phenoxy) is 1. The zero-order valence-electron chi connectivity index (χ0n) is 27.4. The Hall–Kier alpha value is -5.12. The summed E-state index contributed by atoms with van der Waals surface area (Å²) in [5.74, 6) is -3.88. The predicted molar refractivity (Wildman–Crippen MR) is 174 cm³/mol. The van der Waals surface area contributed by atoms with Crippen LogP contribution in [-0.4, -0.2) is 97.2 Å². The molecule has 49 heavy (non-hydrogen) atoms. The lowest BCUT2D eigenvalue weighted by Crippen LogP contribution is -2.52. The summed E-state index contributed by atoms with van der Waals surface area (Å²) >= 11 is 0. The van der Waals surface area contributed by atoms with Crippen molar-refractivity contribution in [2.24, 2.45) is 11.7 Å². The monoisotopic (exact) mass is 683 g/mol. The van der Waals surface area contributed by atoms with E-state index in [1.807, 2.05) is 0 Å². The van der Waals surface area contributed by atoms with E-state index in [9.17, 15) is 38.4 Å². The van der Waals surface area contributed by atoms with Crippen molar-refractivity contribution in [2.75, 3.05) is 32.9 Å². The van der Waals surface area contributed by atoms with Crippen LogP contribution >= 0.6 is 0 Å². The van der Waals surface area contributed by atoms with Gasteiger partial charge in [-0.05, 0) is 44.1 Å². The molecule has 0 spiro atoms. The number of nitrogens with two attached hydrogens (primary N) is 1. The molecule has 3 rings (SSSR count). The number of amides is 8. The second-order valence-corrected chi connectivity index (χ2v) is 11.8. The lowest BCUT2D eigenvalue weighted by molar-refractivity contribution is -0.137. The van der Waals surface area contributed by atoms with Gasteiger partial charge in [0.1, 0.15) is 12.8 Å². The summed E-state index contributed by atoms with van der Waals surface area (Å²) in [6.45, 7) is -0.943. The largest absolute Gasteiger partial charge is 0.369 e. The highest BCUT2D eigenvalue weighted by molar-refractivity contribution is 6.12. The van der Waals surface area contributed by atoms with E-state index in [-0.39, 0.29) is 74.9 Å². The average Bonchev–Trinajstić information content (AvgIpc) is 3.41. The fraction of sp³-hybridized carbons (Fsp3) is 0.515. The van der Waals surface area contributed by atoms with Crippen LogP contribution in [0.1, 0.15) is 56.9 Å². The minimum Gasteiger partial charge on any atom is -0.369 e. The molecule has 1 aromatic rings. The molecule has 1 atom stereocenters. The Kier molecular flexibility index (Phi) is 15.9. The van der Waals surface area contributed by atoms with Crippen LogP contribution in [0.2, 0.25) is 0 Å². The molecule has 1 heterocycles. The Labute approximate surface area is 284 Å². The molecule has 0 aromatic heterocycles. The van der Waals surface area contributed by atoms with E-state index in [2.05, 4.69) is 26.6 Å². The standard InChI is InChI=1S/C33H45N7O9/c34-32(47)23-10-12-24(13-11-23)49-21-38-28(43)19-37-33(48)25(17-22-7-3-1-4-8-22)39-29(44)20-36-27(42)18-35-26(41)9-5-2-6-16-40-30(45)14-15-31(40)46/h1,3-4,7-8,14-15,23-25H,2,5-6,9-13,16-21H2,(H2,34,47)(H,35,41)(H,36,42)(H,37,48)(H,38,43)(H,39,44)/t23-,24+,25-/m0/s1. The fourth-order valence-electron chi connectivity index (χ4n) is 5.30. The number of nitrogens with one attached hydrogen (secondary N) is 5. The zero-order chi connectivity index (χ0) is 35.6. The van der Waals surface area contributed by atoms with Gasteiger partial charge in [0.2, 0.25) is 35.4 Å². The van der Waals surface area contributed by atoms with Crippen molar-refractivity contribution < 1.29 is 43.1 Å². The van der Waals surface area contributed by atoms with Gasteiger partial charge in [0.15, 0.2) is 0 Å². The second-order valence-electron chi connectivity index (χ2n) is 11.8. The summed E-state index contributed by atoms with van der Waals surface area (Å²) in [7, 11) is 0. The number of imide groups is 1. The number of carbonyl (C=O) groups is 8. The molecule has 0 unspecified atom stereocenters. The molecule has 8 amide bonds. The molecule has 2 aliphatic rings. The van der Waals surface area contributed by atoms with Crippen molar-refractivity contribution in [3.05, 3.63) is 48.0 Å². The number of rotatable bonds is 20. The third-order valence-electron chi connectivity index (χ3n) is 8.10. The van der Waals surface area contributed by atoms with Crippen LogP contribution in [0.3, 0.4) is 0 Å². The SMILES string of the molecule is NC(=O)[C@H]1CC[C@@H](OCNC(=O)CNC(=O)[C@H](Cc2ccccc2)NC(=O)CNC(=O)CNC(=O)CCCCCN2C(=O)C=CC2=O)CC1. The van der Waals surface area contributed by atoms with Crippen molar-refractivity contribution in [3.63, 3.8) is 0 Å². The number of hydrogen-bond acceptors (Lipinski definition) is 9. The van der Waals surface area contributed by atoms with Crippen LogP contribution in [0.15, 0.2) is 42.5 Å². The van der Waals surface area contributed by atoms with Crippen molar-refractivity contribution >= 4 is 47.3 Å². The smallest absolute Gasteiger partial charge is 0.253 e. The van der Waals surface area contributed by atoms with Gasteiger partial charge in [0.05, 0.1) is 25.7 Å². The number of benzene rings is 1. The quantitative estimate of drug-likeness (QED) is 0.0543. The molecule has 1 fully saturated rings. The highest BCUT2D eigenvalue weighted by atomic mass is 16.5. The molecule has 266 valence electrons. The summed E-state index contributed by atoms with van der Waals surface area (Å²) in [6, 6.07) is 7.89. The van der Waals surface area contributed by atoms with Gasteiger partial charge in [-0.3, -0.25) is 43.3 Å². The lowest BCUT2D eigenvalue weighted by Gasteiger charge is -2.26. The molecular formula is C33H45N7O9. The highest BCUT2D eigenvalue weighted by Crippen LogP contribution is 2.25. The van der Waals surface area contributed by atoms with Crippen LogP contribution in [-0.2, 0) is 49.5 Å². The first-order chi connectivity index (χ1) is 23.5. The van der Waals surface area contributed by atoms with Gasteiger partial charge in [-0.1, -0.05) is 36.8 Å². The zero-order valence-corrected chi connectivity index (χ0v) is 27.4. The Morgan fingerprint density at radius 3 is 2.04 bits per heavy atom. The van der Waals surface area contributed by atoms with Crippen molar-refractivity contribution in [1.82, 2.24) is 31.5 Å². The maximum absolute atomic E-state index is 13.0. The molecule has 1 aliphatic heterocycles. The van der Waals surface area contributed by atoms with Crippen molar-refractivity contribution in [3.8, 4) is 0 Å². The first-order valence-electron chi connectivity index (χ1n) is 16.4. The fourth-order valence-corrected chi connectivity index (χ4v) is 5.30. The average molecular weight is 684 g/mol. The highest BCUT2D eigenvalue weighted by Gasteiger charge is 2.26. The summed E-state index contributed by atoms with van der Waals surface area (Å²) in [5, 5.41) is 12.5. The molecule has 16 heteroatoms. The molecule has 1 saturated carbocycles. The van der Waals surface area contributed by atoms with E-state index in [1.165, 1.54) is 12.2 Å².